The average Bonchev–Trinajstić information content (AvgIpc) is 3.23. The highest BCUT2D eigenvalue weighted by atomic mass is 32.1. The van der Waals surface area contributed by atoms with E-state index >= 15 is 0 Å². The maximum absolute atomic E-state index is 12.4. The molecule has 7 heteroatoms. The normalized spacial score (nSPS) is 11.1. The van der Waals surface area contributed by atoms with Crippen LogP contribution < -0.4 is 5.32 Å². The van der Waals surface area contributed by atoms with Crippen molar-refractivity contribution in [2.24, 2.45) is 0 Å². The molecule has 4 aromatic rings. The molecule has 3 heterocycles. The van der Waals surface area contributed by atoms with Crippen molar-refractivity contribution in [1.82, 2.24) is 14.5 Å². The van der Waals surface area contributed by atoms with Crippen molar-refractivity contribution in [1.29, 1.82) is 0 Å². The number of anilines is 1. The van der Waals surface area contributed by atoms with Gasteiger partial charge in [0.1, 0.15) is 5.69 Å². The molecule has 1 aromatic carbocycles. The van der Waals surface area contributed by atoms with E-state index in [0.717, 1.165) is 16.2 Å². The van der Waals surface area contributed by atoms with Gasteiger partial charge < -0.3 is 4.52 Å². The molecule has 0 unspecified atom stereocenters. The molecule has 1 amide bonds. The van der Waals surface area contributed by atoms with Gasteiger partial charge in [0.15, 0.2) is 4.96 Å². The summed E-state index contributed by atoms with van der Waals surface area (Å²) in [5, 5.41) is 8.24. The average molecular weight is 338 g/mol. The van der Waals surface area contributed by atoms with Crippen molar-refractivity contribution in [2.45, 2.75) is 13.8 Å². The Morgan fingerprint density at radius 3 is 2.75 bits per heavy atom. The van der Waals surface area contributed by atoms with E-state index in [0.29, 0.717) is 17.3 Å². The van der Waals surface area contributed by atoms with Gasteiger partial charge in [-0.25, -0.2) is 4.98 Å². The number of thiazole rings is 1. The van der Waals surface area contributed by atoms with Crippen LogP contribution in [0.1, 0.15) is 21.7 Å². The van der Waals surface area contributed by atoms with Crippen LogP contribution in [0.3, 0.4) is 0 Å². The lowest BCUT2D eigenvalue weighted by Gasteiger charge is -1.99. The molecule has 0 radical (unpaired) electrons. The van der Waals surface area contributed by atoms with Crippen LogP contribution in [0.25, 0.3) is 16.2 Å². The first kappa shape index (κ1) is 14.6. The lowest BCUT2D eigenvalue weighted by Crippen LogP contribution is -2.13. The van der Waals surface area contributed by atoms with Crippen LogP contribution in [-0.2, 0) is 0 Å². The van der Waals surface area contributed by atoms with E-state index in [2.05, 4.69) is 15.5 Å². The molecule has 1 N–H and O–H groups in total. The number of carbonyl (C=O) groups is 1. The number of nitrogens with zero attached hydrogens (tertiary/aromatic N) is 3. The minimum absolute atomic E-state index is 0.259. The number of fused-ring (bicyclic) bond motifs is 1. The summed E-state index contributed by atoms with van der Waals surface area (Å²) in [6.45, 7) is 3.84. The van der Waals surface area contributed by atoms with Crippen molar-refractivity contribution in [3.05, 3.63) is 58.9 Å². The van der Waals surface area contributed by atoms with Crippen LogP contribution in [0.4, 0.5) is 5.88 Å². The van der Waals surface area contributed by atoms with Crippen LogP contribution in [0, 0.1) is 13.8 Å². The van der Waals surface area contributed by atoms with Gasteiger partial charge in [-0.05, 0) is 13.8 Å². The fourth-order valence-electron chi connectivity index (χ4n) is 2.41. The molecule has 0 spiro atoms. The number of aromatic nitrogens is 3. The molecule has 0 aliphatic rings. The Kier molecular flexibility index (Phi) is 3.42. The molecule has 0 bridgehead atoms. The predicted octanol–water partition coefficient (Wildman–Crippen LogP) is 3.92. The van der Waals surface area contributed by atoms with Gasteiger partial charge in [-0.3, -0.25) is 14.5 Å². The SMILES string of the molecule is Cc1ccc(-c2cn3c(C(=O)Nc4cc(C)no4)csc3n2)cc1. The smallest absolute Gasteiger partial charge is 0.275 e. The van der Waals surface area contributed by atoms with Crippen LogP contribution in [0.15, 0.2) is 46.4 Å². The van der Waals surface area contributed by atoms with Crippen molar-refractivity contribution in [2.75, 3.05) is 5.32 Å². The number of benzene rings is 1. The van der Waals surface area contributed by atoms with Crippen LogP contribution in [0.2, 0.25) is 0 Å². The molecular formula is C17H14N4O2S. The quantitative estimate of drug-likeness (QED) is 0.614. The van der Waals surface area contributed by atoms with Gasteiger partial charge >= 0.3 is 0 Å². The second-order valence-electron chi connectivity index (χ2n) is 5.55. The molecule has 4 rings (SSSR count). The fraction of sp³-hybridized carbons (Fsp3) is 0.118. The summed E-state index contributed by atoms with van der Waals surface area (Å²) in [5.74, 6) is 0.0704. The maximum Gasteiger partial charge on any atom is 0.275 e. The number of carbonyl (C=O) groups excluding carboxylic acids is 1. The number of hydrogen-bond acceptors (Lipinski definition) is 5. The minimum atomic E-state index is -0.259. The van der Waals surface area contributed by atoms with E-state index in [1.807, 2.05) is 37.4 Å². The highest BCUT2D eigenvalue weighted by Gasteiger charge is 2.16. The zero-order valence-corrected chi connectivity index (χ0v) is 13.9. The highest BCUT2D eigenvalue weighted by Crippen LogP contribution is 2.24. The summed E-state index contributed by atoms with van der Waals surface area (Å²) in [4.78, 5) is 17.8. The summed E-state index contributed by atoms with van der Waals surface area (Å²) < 4.78 is 6.82. The molecule has 0 saturated heterocycles. The van der Waals surface area contributed by atoms with Gasteiger partial charge in [0, 0.05) is 23.2 Å². The lowest BCUT2D eigenvalue weighted by atomic mass is 10.1. The number of rotatable bonds is 3. The highest BCUT2D eigenvalue weighted by molar-refractivity contribution is 7.15. The van der Waals surface area contributed by atoms with Gasteiger partial charge in [-0.1, -0.05) is 35.0 Å². The third-order valence-corrected chi connectivity index (χ3v) is 4.49. The zero-order chi connectivity index (χ0) is 16.7. The second kappa shape index (κ2) is 5.61. The van der Waals surface area contributed by atoms with Gasteiger partial charge in [-0.15, -0.1) is 11.3 Å². The number of nitrogens with one attached hydrogen (secondary N) is 1. The van der Waals surface area contributed by atoms with E-state index < -0.39 is 0 Å². The second-order valence-corrected chi connectivity index (χ2v) is 6.39. The van der Waals surface area contributed by atoms with Gasteiger partial charge in [0.05, 0.1) is 11.4 Å². The van der Waals surface area contributed by atoms with Crippen molar-refractivity contribution < 1.29 is 9.32 Å². The van der Waals surface area contributed by atoms with Crippen LogP contribution in [-0.4, -0.2) is 20.4 Å². The molecule has 3 aromatic heterocycles. The van der Waals surface area contributed by atoms with Crippen molar-refractivity contribution in [3.8, 4) is 11.3 Å². The first-order valence-corrected chi connectivity index (χ1v) is 8.26. The van der Waals surface area contributed by atoms with Crippen LogP contribution >= 0.6 is 11.3 Å². The molecule has 24 heavy (non-hydrogen) atoms. The number of aryl methyl sites for hydroxylation is 2. The molecule has 120 valence electrons. The monoisotopic (exact) mass is 338 g/mol. The predicted molar refractivity (Wildman–Crippen MR) is 92.4 cm³/mol. The molecule has 0 fully saturated rings. The van der Waals surface area contributed by atoms with Gasteiger partial charge in [0.25, 0.3) is 5.91 Å². The van der Waals surface area contributed by atoms with E-state index in [9.17, 15) is 4.79 Å². The third kappa shape index (κ3) is 2.59. The number of hydrogen-bond donors (Lipinski definition) is 1. The van der Waals surface area contributed by atoms with Gasteiger partial charge in [-0.2, -0.15) is 0 Å². The van der Waals surface area contributed by atoms with Crippen molar-refractivity contribution >= 4 is 28.1 Å². The third-order valence-electron chi connectivity index (χ3n) is 3.65. The summed E-state index contributed by atoms with van der Waals surface area (Å²) in [7, 11) is 0. The molecule has 6 nitrogen and oxygen atoms in total. The van der Waals surface area contributed by atoms with Crippen LogP contribution in [0.5, 0.6) is 0 Å². The number of imidazole rings is 1. The largest absolute Gasteiger partial charge is 0.338 e. The maximum atomic E-state index is 12.4. The Balaban J connectivity index is 1.66. The summed E-state index contributed by atoms with van der Waals surface area (Å²) in [6.07, 6.45) is 1.87. The Bertz CT molecular complexity index is 1030. The lowest BCUT2D eigenvalue weighted by molar-refractivity contribution is 0.101. The molecule has 0 aliphatic heterocycles. The van der Waals surface area contributed by atoms with E-state index in [-0.39, 0.29) is 5.91 Å². The molecule has 0 aliphatic carbocycles. The minimum Gasteiger partial charge on any atom is -0.338 e. The number of amides is 1. The first-order chi connectivity index (χ1) is 11.6. The Morgan fingerprint density at radius 2 is 2.04 bits per heavy atom. The first-order valence-electron chi connectivity index (χ1n) is 7.38. The Morgan fingerprint density at radius 1 is 1.25 bits per heavy atom. The standard InChI is InChI=1S/C17H14N4O2S/c1-10-3-5-12(6-4-10)13-8-21-14(9-24-17(21)18-13)16(22)19-15-7-11(2)20-23-15/h3-9H,1-2H3,(H,19,22). The van der Waals surface area contributed by atoms with Gasteiger partial charge in [0.2, 0.25) is 5.88 Å². The summed E-state index contributed by atoms with van der Waals surface area (Å²) in [5.41, 5.74) is 4.28. The topological polar surface area (TPSA) is 72.4 Å². The fourth-order valence-corrected chi connectivity index (χ4v) is 3.26. The Hall–Kier alpha value is -2.93. The summed E-state index contributed by atoms with van der Waals surface area (Å²) >= 11 is 1.42. The molecule has 0 saturated carbocycles. The van der Waals surface area contributed by atoms with Crippen molar-refractivity contribution in [3.63, 3.8) is 0 Å². The molecule has 0 atom stereocenters. The van der Waals surface area contributed by atoms with E-state index in [1.54, 1.807) is 22.8 Å². The molecular weight excluding hydrogens is 324 g/mol. The zero-order valence-electron chi connectivity index (χ0n) is 13.1. The Labute approximate surface area is 141 Å². The van der Waals surface area contributed by atoms with E-state index in [1.165, 1.54) is 16.9 Å². The summed E-state index contributed by atoms with van der Waals surface area (Å²) in [6, 6.07) is 9.82. The van der Waals surface area contributed by atoms with E-state index in [4.69, 9.17) is 4.52 Å².